The van der Waals surface area contributed by atoms with Gasteiger partial charge in [0.25, 0.3) is 5.56 Å². The highest BCUT2D eigenvalue weighted by atomic mass is 16.1. The number of aromatic nitrogens is 2. The summed E-state index contributed by atoms with van der Waals surface area (Å²) in [5.41, 5.74) is 0.795. The maximum Gasteiger partial charge on any atom is 0.264 e. The van der Waals surface area contributed by atoms with Gasteiger partial charge in [0, 0.05) is 6.07 Å². The lowest BCUT2D eigenvalue weighted by molar-refractivity contribution is 0.614. The van der Waals surface area contributed by atoms with Gasteiger partial charge in [0.2, 0.25) is 0 Å². The molecule has 0 radical (unpaired) electrons. The normalized spacial score (nSPS) is 22.8. The summed E-state index contributed by atoms with van der Waals surface area (Å²) in [5, 5.41) is 9.70. The summed E-state index contributed by atoms with van der Waals surface area (Å²) < 4.78 is 0. The molecule has 0 bridgehead atoms. The average Bonchev–Trinajstić information content (AvgIpc) is 2.58. The lowest BCUT2D eigenvalue weighted by Crippen LogP contribution is -2.17. The van der Waals surface area contributed by atoms with E-state index in [1.807, 2.05) is 0 Å². The molecule has 2 N–H and O–H groups in total. The monoisotopic (exact) mass is 165 g/mol. The Kier molecular flexibility index (Phi) is 1.91. The van der Waals surface area contributed by atoms with Crippen molar-refractivity contribution in [1.82, 2.24) is 15.5 Å². The van der Waals surface area contributed by atoms with Gasteiger partial charge in [0.05, 0.1) is 11.7 Å². The maximum atomic E-state index is 10.7. The maximum absolute atomic E-state index is 10.7. The molecule has 12 heavy (non-hydrogen) atoms. The second-order valence-electron chi connectivity index (χ2n) is 2.99. The number of nitrogens with one attached hydrogen (secondary N) is 2. The molecule has 0 spiro atoms. The van der Waals surface area contributed by atoms with Gasteiger partial charge in [-0.1, -0.05) is 0 Å². The Labute approximate surface area is 70.0 Å². The summed E-state index contributed by atoms with van der Waals surface area (Å²) in [7, 11) is 0. The molecule has 0 aliphatic carbocycles. The highest BCUT2D eigenvalue weighted by molar-refractivity contribution is 5.06. The number of rotatable bonds is 1. The van der Waals surface area contributed by atoms with Crippen molar-refractivity contribution in [3.05, 3.63) is 28.2 Å². The molecular formula is C8H11N3O. The van der Waals surface area contributed by atoms with E-state index in [-0.39, 0.29) is 5.56 Å². The molecule has 1 saturated heterocycles. The lowest BCUT2D eigenvalue weighted by atomic mass is 10.1. The van der Waals surface area contributed by atoms with Crippen LogP contribution < -0.4 is 10.9 Å². The fourth-order valence-corrected chi connectivity index (χ4v) is 1.49. The summed E-state index contributed by atoms with van der Waals surface area (Å²) in [6.07, 6.45) is 2.30. The first-order chi connectivity index (χ1) is 5.86. The van der Waals surface area contributed by atoms with Gasteiger partial charge in [0.15, 0.2) is 0 Å². The van der Waals surface area contributed by atoms with E-state index in [0.717, 1.165) is 18.7 Å². The van der Waals surface area contributed by atoms with Crippen LogP contribution in [0, 0.1) is 0 Å². The molecule has 0 aromatic carbocycles. The first-order valence-electron chi connectivity index (χ1n) is 4.15. The smallest absolute Gasteiger partial charge is 0.264 e. The first-order valence-corrected chi connectivity index (χ1v) is 4.15. The summed E-state index contributed by atoms with van der Waals surface area (Å²) in [4.78, 5) is 10.7. The van der Waals surface area contributed by atoms with Crippen LogP contribution in [0.1, 0.15) is 24.6 Å². The number of hydrogen-bond donors (Lipinski definition) is 2. The minimum atomic E-state index is -0.142. The Balaban J connectivity index is 2.22. The number of hydrogen-bond acceptors (Lipinski definition) is 3. The Bertz CT molecular complexity index is 294. The van der Waals surface area contributed by atoms with E-state index >= 15 is 0 Å². The van der Waals surface area contributed by atoms with Gasteiger partial charge < -0.3 is 5.32 Å². The summed E-state index contributed by atoms with van der Waals surface area (Å²) in [6.45, 7) is 1.05. The summed E-state index contributed by atoms with van der Waals surface area (Å²) in [5.74, 6) is 0. The molecule has 1 aromatic heterocycles. The fraction of sp³-hybridized carbons (Fsp3) is 0.500. The largest absolute Gasteiger partial charge is 0.309 e. The van der Waals surface area contributed by atoms with Gasteiger partial charge in [-0.2, -0.15) is 5.10 Å². The SMILES string of the molecule is O=c1ccc([C@H]2CCCN2)n[nH]1. The molecule has 4 heteroatoms. The highest BCUT2D eigenvalue weighted by Gasteiger charge is 2.16. The third kappa shape index (κ3) is 1.38. The Morgan fingerprint density at radius 3 is 3.00 bits per heavy atom. The second kappa shape index (κ2) is 3.06. The predicted octanol–water partition coefficient (Wildman–Crippen LogP) is 0.194. The predicted molar refractivity (Wildman–Crippen MR) is 44.8 cm³/mol. The van der Waals surface area contributed by atoms with Crippen molar-refractivity contribution in [2.24, 2.45) is 0 Å². The van der Waals surface area contributed by atoms with Gasteiger partial charge in [-0.3, -0.25) is 4.79 Å². The zero-order chi connectivity index (χ0) is 8.39. The minimum absolute atomic E-state index is 0.142. The van der Waals surface area contributed by atoms with Crippen LogP contribution in [0.5, 0.6) is 0 Å². The second-order valence-corrected chi connectivity index (χ2v) is 2.99. The van der Waals surface area contributed by atoms with Crippen molar-refractivity contribution >= 4 is 0 Å². The molecule has 1 atom stereocenters. The van der Waals surface area contributed by atoms with Crippen LogP contribution in [0.15, 0.2) is 16.9 Å². The highest BCUT2D eigenvalue weighted by Crippen LogP contribution is 2.19. The minimum Gasteiger partial charge on any atom is -0.309 e. The Morgan fingerprint density at radius 1 is 1.50 bits per heavy atom. The van der Waals surface area contributed by atoms with Crippen molar-refractivity contribution in [2.45, 2.75) is 18.9 Å². The van der Waals surface area contributed by atoms with Gasteiger partial charge in [-0.05, 0) is 25.5 Å². The van der Waals surface area contributed by atoms with Crippen LogP contribution in [0.2, 0.25) is 0 Å². The molecule has 0 amide bonds. The van der Waals surface area contributed by atoms with Crippen LogP contribution in [0.3, 0.4) is 0 Å². The third-order valence-electron chi connectivity index (χ3n) is 2.12. The molecule has 1 aliphatic rings. The lowest BCUT2D eigenvalue weighted by Gasteiger charge is -2.06. The van der Waals surface area contributed by atoms with E-state index in [2.05, 4.69) is 15.5 Å². The van der Waals surface area contributed by atoms with Gasteiger partial charge in [-0.25, -0.2) is 5.10 Å². The van der Waals surface area contributed by atoms with Gasteiger partial charge >= 0.3 is 0 Å². The van der Waals surface area contributed by atoms with Crippen LogP contribution in [-0.2, 0) is 0 Å². The van der Waals surface area contributed by atoms with Crippen LogP contribution in [-0.4, -0.2) is 16.7 Å². The topological polar surface area (TPSA) is 57.8 Å². The molecule has 1 aliphatic heterocycles. The summed E-state index contributed by atoms with van der Waals surface area (Å²) in [6, 6.07) is 3.63. The summed E-state index contributed by atoms with van der Waals surface area (Å²) >= 11 is 0. The van der Waals surface area contributed by atoms with Crippen molar-refractivity contribution in [3.63, 3.8) is 0 Å². The van der Waals surface area contributed by atoms with Crippen LogP contribution in [0.25, 0.3) is 0 Å². The molecule has 2 heterocycles. The molecule has 0 saturated carbocycles. The zero-order valence-corrected chi connectivity index (χ0v) is 6.71. The number of H-pyrrole nitrogens is 1. The van der Waals surface area contributed by atoms with Crippen molar-refractivity contribution in [2.75, 3.05) is 6.54 Å². The number of nitrogens with zero attached hydrogens (tertiary/aromatic N) is 1. The van der Waals surface area contributed by atoms with Crippen molar-refractivity contribution < 1.29 is 0 Å². The fourth-order valence-electron chi connectivity index (χ4n) is 1.49. The van der Waals surface area contributed by atoms with Crippen molar-refractivity contribution in [3.8, 4) is 0 Å². The van der Waals surface area contributed by atoms with Crippen LogP contribution in [0.4, 0.5) is 0 Å². The van der Waals surface area contributed by atoms with Gasteiger partial charge in [0.1, 0.15) is 0 Å². The quantitative estimate of drug-likeness (QED) is 0.624. The van der Waals surface area contributed by atoms with E-state index in [4.69, 9.17) is 0 Å². The van der Waals surface area contributed by atoms with E-state index in [1.165, 1.54) is 12.5 Å². The van der Waals surface area contributed by atoms with E-state index in [0.29, 0.717) is 6.04 Å². The standard InChI is InChI=1S/C8H11N3O/c12-8-4-3-7(10-11-8)6-2-1-5-9-6/h3-4,6,9H,1-2,5H2,(H,11,12)/t6-/m1/s1. The van der Waals surface area contributed by atoms with E-state index in [9.17, 15) is 4.79 Å². The molecule has 2 rings (SSSR count). The average molecular weight is 165 g/mol. The molecule has 1 aromatic rings. The third-order valence-corrected chi connectivity index (χ3v) is 2.12. The van der Waals surface area contributed by atoms with Crippen molar-refractivity contribution in [1.29, 1.82) is 0 Å². The molecule has 64 valence electrons. The number of aromatic amines is 1. The van der Waals surface area contributed by atoms with Gasteiger partial charge in [-0.15, -0.1) is 0 Å². The first kappa shape index (κ1) is 7.49. The Hall–Kier alpha value is -1.16. The Morgan fingerprint density at radius 2 is 2.42 bits per heavy atom. The molecule has 4 nitrogen and oxygen atoms in total. The molecule has 0 unspecified atom stereocenters. The molecular weight excluding hydrogens is 154 g/mol. The van der Waals surface area contributed by atoms with E-state index < -0.39 is 0 Å². The van der Waals surface area contributed by atoms with E-state index in [1.54, 1.807) is 6.07 Å². The molecule has 1 fully saturated rings. The van der Waals surface area contributed by atoms with Crippen LogP contribution >= 0.6 is 0 Å². The zero-order valence-electron chi connectivity index (χ0n) is 6.71.